The van der Waals surface area contributed by atoms with Crippen LogP contribution < -0.4 is 0 Å². The van der Waals surface area contributed by atoms with E-state index in [2.05, 4.69) is 0 Å². The lowest BCUT2D eigenvalue weighted by molar-refractivity contribution is -0.114. The zero-order chi connectivity index (χ0) is 23.8. The molecule has 32 heavy (non-hydrogen) atoms. The zero-order valence-corrected chi connectivity index (χ0v) is 18.3. The molecule has 4 amide bonds. The van der Waals surface area contributed by atoms with E-state index < -0.39 is 22.9 Å². The molecule has 4 rings (SSSR count). The number of hydrogen-bond acceptors (Lipinski definition) is 6. The van der Waals surface area contributed by atoms with Crippen LogP contribution in [0, 0.1) is 0 Å². The third-order valence-corrected chi connectivity index (χ3v) is 5.45. The highest BCUT2D eigenvalue weighted by Crippen LogP contribution is 2.29. The Morgan fingerprint density at radius 2 is 1.00 bits per heavy atom. The van der Waals surface area contributed by atoms with Crippen LogP contribution in [0.4, 0.5) is 0 Å². The first-order valence-corrected chi connectivity index (χ1v) is 10.0. The molecule has 0 unspecified atom stereocenters. The predicted molar refractivity (Wildman–Crippen MR) is 115 cm³/mol. The number of imide groups is 2. The molecule has 0 saturated heterocycles. The van der Waals surface area contributed by atoms with Crippen molar-refractivity contribution in [3.8, 4) is 0 Å². The Labute approximate surface area is 185 Å². The Morgan fingerprint density at radius 3 is 1.28 bits per heavy atom. The van der Waals surface area contributed by atoms with E-state index >= 15 is 0 Å². The van der Waals surface area contributed by atoms with E-state index in [0.717, 1.165) is 9.80 Å². The molecule has 0 aromatic heterocycles. The van der Waals surface area contributed by atoms with Crippen molar-refractivity contribution in [2.75, 3.05) is 6.61 Å². The Balaban J connectivity index is 0.000000181. The summed E-state index contributed by atoms with van der Waals surface area (Å²) in [6.45, 7) is 6.16. The first-order valence-electron chi connectivity index (χ1n) is 10.0. The summed E-state index contributed by atoms with van der Waals surface area (Å²) >= 11 is 0. The van der Waals surface area contributed by atoms with Crippen molar-refractivity contribution >= 4 is 29.9 Å². The highest BCUT2D eigenvalue weighted by molar-refractivity contribution is 6.23. The Hall–Kier alpha value is -3.65. The lowest BCUT2D eigenvalue weighted by Gasteiger charge is -2.31. The summed E-state index contributed by atoms with van der Waals surface area (Å²) in [6, 6.07) is 13.3. The number of aliphatic hydroxyl groups is 1. The van der Waals surface area contributed by atoms with E-state index in [0.29, 0.717) is 28.5 Å². The van der Waals surface area contributed by atoms with Gasteiger partial charge in [-0.25, -0.2) is 0 Å². The monoisotopic (exact) mass is 436 g/mol. The largest absolute Gasteiger partial charge is 0.394 e. The van der Waals surface area contributed by atoms with Crippen molar-refractivity contribution in [3.05, 3.63) is 70.8 Å². The van der Waals surface area contributed by atoms with Gasteiger partial charge < -0.3 is 9.90 Å². The molecule has 2 heterocycles. The molecule has 2 aromatic carbocycles. The maximum atomic E-state index is 12.0. The van der Waals surface area contributed by atoms with Crippen LogP contribution in [0.2, 0.25) is 0 Å². The van der Waals surface area contributed by atoms with Crippen molar-refractivity contribution in [2.45, 2.75) is 38.8 Å². The molecule has 2 aliphatic rings. The van der Waals surface area contributed by atoms with Crippen LogP contribution >= 0.6 is 0 Å². The minimum Gasteiger partial charge on any atom is -0.394 e. The van der Waals surface area contributed by atoms with E-state index in [4.69, 9.17) is 0 Å². The van der Waals surface area contributed by atoms with E-state index in [-0.39, 0.29) is 18.4 Å². The number of benzene rings is 2. The van der Waals surface area contributed by atoms with Crippen molar-refractivity contribution in [2.24, 2.45) is 0 Å². The smallest absolute Gasteiger partial charge is 0.262 e. The van der Waals surface area contributed by atoms with Gasteiger partial charge in [-0.15, -0.1) is 0 Å². The molecule has 0 aliphatic carbocycles. The summed E-state index contributed by atoms with van der Waals surface area (Å²) in [7, 11) is 0. The summed E-state index contributed by atoms with van der Waals surface area (Å²) in [5.41, 5.74) is -0.423. The normalized spacial score (nSPS) is 15.4. The molecule has 1 N–H and O–H groups in total. The van der Waals surface area contributed by atoms with Crippen LogP contribution in [0.1, 0.15) is 69.1 Å². The van der Waals surface area contributed by atoms with Gasteiger partial charge in [0.25, 0.3) is 23.6 Å². The van der Waals surface area contributed by atoms with Gasteiger partial charge in [0, 0.05) is 0 Å². The van der Waals surface area contributed by atoms with Crippen LogP contribution in [0.3, 0.4) is 0 Å². The topological polar surface area (TPSA) is 112 Å². The molecule has 0 radical (unpaired) electrons. The fourth-order valence-electron chi connectivity index (χ4n) is 3.58. The molecule has 166 valence electrons. The SMILES string of the molecule is CC(C)(C=O)N1C(=O)c2ccccc2C1=O.CC(C)(CO)N1C(=O)c2ccccc2C1=O. The van der Waals surface area contributed by atoms with Gasteiger partial charge in [0.05, 0.1) is 34.4 Å². The number of amides is 4. The van der Waals surface area contributed by atoms with Gasteiger partial charge in [0.2, 0.25) is 0 Å². The van der Waals surface area contributed by atoms with Gasteiger partial charge in [-0.2, -0.15) is 0 Å². The van der Waals surface area contributed by atoms with Gasteiger partial charge in [-0.1, -0.05) is 24.3 Å². The molecule has 0 saturated carbocycles. The maximum Gasteiger partial charge on any atom is 0.262 e. The summed E-state index contributed by atoms with van der Waals surface area (Å²) in [6.07, 6.45) is 0.606. The van der Waals surface area contributed by atoms with Crippen molar-refractivity contribution < 1.29 is 29.1 Å². The second-order valence-corrected chi connectivity index (χ2v) is 8.72. The van der Waals surface area contributed by atoms with E-state index in [9.17, 15) is 29.1 Å². The average Bonchev–Trinajstić information content (AvgIpc) is 3.20. The standard InChI is InChI=1S/C12H13NO3.C12H11NO3/c2*1-12(2,7-14)13-10(15)8-5-3-4-6-9(8)11(13)16/h3-6,14H,7H2,1-2H3;3-7H,1-2H3. The van der Waals surface area contributed by atoms with Gasteiger partial charge in [0.15, 0.2) is 0 Å². The molecule has 0 fully saturated rings. The highest BCUT2D eigenvalue weighted by atomic mass is 16.3. The minimum absolute atomic E-state index is 0.252. The molecular weight excluding hydrogens is 412 g/mol. The molecule has 0 atom stereocenters. The lowest BCUT2D eigenvalue weighted by Crippen LogP contribution is -2.50. The number of aldehydes is 1. The predicted octanol–water partition coefficient (Wildman–Crippen LogP) is 2.31. The fourth-order valence-corrected chi connectivity index (χ4v) is 3.58. The third-order valence-electron chi connectivity index (χ3n) is 5.45. The van der Waals surface area contributed by atoms with Gasteiger partial charge in [0.1, 0.15) is 11.8 Å². The lowest BCUT2D eigenvalue weighted by atomic mass is 10.0. The number of nitrogens with zero attached hydrogens (tertiary/aromatic N) is 2. The molecular formula is C24H24N2O6. The average molecular weight is 436 g/mol. The van der Waals surface area contributed by atoms with Crippen molar-refractivity contribution in [1.82, 2.24) is 9.80 Å². The van der Waals surface area contributed by atoms with Crippen molar-refractivity contribution in [1.29, 1.82) is 0 Å². The number of fused-ring (bicyclic) bond motifs is 2. The minimum atomic E-state index is -1.10. The summed E-state index contributed by atoms with van der Waals surface area (Å²) in [5.74, 6) is -1.48. The number of hydrogen-bond donors (Lipinski definition) is 1. The van der Waals surface area contributed by atoms with Crippen LogP contribution in [-0.2, 0) is 4.79 Å². The fraction of sp³-hybridized carbons (Fsp3) is 0.292. The van der Waals surface area contributed by atoms with Crippen LogP contribution in [-0.4, -0.2) is 62.5 Å². The Kier molecular flexibility index (Phi) is 5.84. The van der Waals surface area contributed by atoms with Crippen LogP contribution in [0.5, 0.6) is 0 Å². The quantitative estimate of drug-likeness (QED) is 0.582. The maximum absolute atomic E-state index is 12.0. The second kappa shape index (κ2) is 8.12. The summed E-state index contributed by atoms with van der Waals surface area (Å²) in [4.78, 5) is 61.0. The molecule has 0 spiro atoms. The van der Waals surface area contributed by atoms with E-state index in [1.54, 1.807) is 76.2 Å². The zero-order valence-electron chi connectivity index (χ0n) is 18.3. The first-order chi connectivity index (χ1) is 15.0. The van der Waals surface area contributed by atoms with E-state index in [1.165, 1.54) is 0 Å². The Bertz CT molecular complexity index is 1060. The summed E-state index contributed by atoms with van der Waals surface area (Å²) < 4.78 is 0. The third kappa shape index (κ3) is 3.62. The summed E-state index contributed by atoms with van der Waals surface area (Å²) in [5, 5.41) is 9.22. The molecule has 0 bridgehead atoms. The van der Waals surface area contributed by atoms with E-state index in [1.807, 2.05) is 0 Å². The highest BCUT2D eigenvalue weighted by Gasteiger charge is 2.44. The molecule has 8 nitrogen and oxygen atoms in total. The number of carbonyl (C=O) groups is 5. The molecule has 2 aromatic rings. The van der Waals surface area contributed by atoms with Crippen molar-refractivity contribution in [3.63, 3.8) is 0 Å². The first kappa shape index (κ1) is 23.0. The van der Waals surface area contributed by atoms with Crippen LogP contribution in [0.15, 0.2) is 48.5 Å². The second-order valence-electron chi connectivity index (χ2n) is 8.72. The molecule has 2 aliphatic heterocycles. The Morgan fingerprint density at radius 1 is 0.688 bits per heavy atom. The van der Waals surface area contributed by atoms with Gasteiger partial charge in [-0.05, 0) is 52.0 Å². The number of carbonyl (C=O) groups excluding carboxylic acids is 5. The van der Waals surface area contributed by atoms with Gasteiger partial charge >= 0.3 is 0 Å². The molecule has 8 heteroatoms. The van der Waals surface area contributed by atoms with Crippen LogP contribution in [0.25, 0.3) is 0 Å². The number of aliphatic hydroxyl groups excluding tert-OH is 1. The number of rotatable bonds is 4. The van der Waals surface area contributed by atoms with Gasteiger partial charge in [-0.3, -0.25) is 29.0 Å².